The molecular formula is C14H12Cl4N2. The van der Waals surface area contributed by atoms with E-state index in [1.807, 2.05) is 0 Å². The molecule has 6 heteroatoms. The Morgan fingerprint density at radius 2 is 1.05 bits per heavy atom. The van der Waals surface area contributed by atoms with Crippen molar-refractivity contribution in [1.82, 2.24) is 0 Å². The van der Waals surface area contributed by atoms with Crippen molar-refractivity contribution >= 4 is 57.8 Å². The Kier molecular flexibility index (Phi) is 5.67. The first-order valence-electron chi connectivity index (χ1n) is 5.94. The van der Waals surface area contributed by atoms with Gasteiger partial charge in [-0.3, -0.25) is 0 Å². The zero-order chi connectivity index (χ0) is 14.5. The van der Waals surface area contributed by atoms with Crippen molar-refractivity contribution in [3.05, 3.63) is 56.5 Å². The van der Waals surface area contributed by atoms with Crippen molar-refractivity contribution in [2.45, 2.75) is 0 Å². The quantitative estimate of drug-likeness (QED) is 0.664. The number of nitrogens with one attached hydrogen (secondary N) is 2. The summed E-state index contributed by atoms with van der Waals surface area (Å²) in [4.78, 5) is 0. The van der Waals surface area contributed by atoms with E-state index in [1.165, 1.54) is 0 Å². The molecule has 0 saturated carbocycles. The van der Waals surface area contributed by atoms with Gasteiger partial charge in [0.1, 0.15) is 0 Å². The van der Waals surface area contributed by atoms with Crippen LogP contribution in [-0.2, 0) is 0 Å². The van der Waals surface area contributed by atoms with Crippen molar-refractivity contribution < 1.29 is 0 Å². The maximum atomic E-state index is 6.06. The monoisotopic (exact) mass is 348 g/mol. The second kappa shape index (κ2) is 7.28. The van der Waals surface area contributed by atoms with Gasteiger partial charge in [0.25, 0.3) is 0 Å². The van der Waals surface area contributed by atoms with Crippen LogP contribution in [0.2, 0.25) is 20.1 Å². The molecule has 106 valence electrons. The Hall–Kier alpha value is -0.800. The van der Waals surface area contributed by atoms with Gasteiger partial charge in [-0.05, 0) is 36.4 Å². The maximum Gasteiger partial charge on any atom is 0.0638 e. The molecule has 0 aliphatic carbocycles. The second-order valence-electron chi connectivity index (χ2n) is 4.10. The van der Waals surface area contributed by atoms with E-state index in [2.05, 4.69) is 10.6 Å². The molecule has 0 bridgehead atoms. The Morgan fingerprint density at radius 1 is 0.650 bits per heavy atom. The highest BCUT2D eigenvalue weighted by Gasteiger charge is 2.02. The van der Waals surface area contributed by atoms with E-state index >= 15 is 0 Å². The Balaban J connectivity index is 1.87. The molecule has 2 N–H and O–H groups in total. The van der Waals surface area contributed by atoms with Crippen LogP contribution in [0.5, 0.6) is 0 Å². The minimum atomic E-state index is 0.634. The highest BCUT2D eigenvalue weighted by molar-refractivity contribution is 6.35. The molecule has 0 radical (unpaired) electrons. The average Bonchev–Trinajstić information content (AvgIpc) is 2.42. The van der Waals surface area contributed by atoms with Crippen molar-refractivity contribution in [2.24, 2.45) is 0 Å². The normalized spacial score (nSPS) is 10.4. The van der Waals surface area contributed by atoms with Crippen LogP contribution >= 0.6 is 46.4 Å². The Bertz CT molecular complexity index is 548. The van der Waals surface area contributed by atoms with E-state index < -0.39 is 0 Å². The lowest BCUT2D eigenvalue weighted by Crippen LogP contribution is -2.14. The van der Waals surface area contributed by atoms with Crippen LogP contribution < -0.4 is 10.6 Å². The van der Waals surface area contributed by atoms with Gasteiger partial charge in [0.2, 0.25) is 0 Å². The fraction of sp³-hybridized carbons (Fsp3) is 0.143. The smallest absolute Gasteiger partial charge is 0.0638 e. The van der Waals surface area contributed by atoms with Crippen LogP contribution in [-0.4, -0.2) is 13.1 Å². The van der Waals surface area contributed by atoms with Crippen molar-refractivity contribution in [3.63, 3.8) is 0 Å². The number of hydrogen-bond donors (Lipinski definition) is 2. The van der Waals surface area contributed by atoms with E-state index in [-0.39, 0.29) is 0 Å². The second-order valence-corrected chi connectivity index (χ2v) is 5.79. The van der Waals surface area contributed by atoms with Crippen LogP contribution in [0.25, 0.3) is 0 Å². The molecule has 0 spiro atoms. The molecular weight excluding hydrogens is 338 g/mol. The van der Waals surface area contributed by atoms with Gasteiger partial charge in [-0.15, -0.1) is 0 Å². The van der Waals surface area contributed by atoms with Gasteiger partial charge in [-0.25, -0.2) is 0 Å². The Morgan fingerprint density at radius 3 is 1.45 bits per heavy atom. The molecule has 2 aromatic carbocycles. The van der Waals surface area contributed by atoms with Crippen LogP contribution in [0.1, 0.15) is 0 Å². The largest absolute Gasteiger partial charge is 0.382 e. The fourth-order valence-electron chi connectivity index (χ4n) is 1.66. The number of benzene rings is 2. The summed E-state index contributed by atoms with van der Waals surface area (Å²) in [5, 5.41) is 8.96. The summed E-state index contributed by atoms with van der Waals surface area (Å²) in [6.45, 7) is 1.34. The van der Waals surface area contributed by atoms with Crippen LogP contribution in [0, 0.1) is 0 Å². The number of halogens is 4. The lowest BCUT2D eigenvalue weighted by molar-refractivity contribution is 1.08. The molecule has 0 amide bonds. The molecule has 2 rings (SSSR count). The average molecular weight is 350 g/mol. The molecule has 0 atom stereocenters. The van der Waals surface area contributed by atoms with E-state index in [9.17, 15) is 0 Å². The Labute approximate surface area is 138 Å². The molecule has 0 aliphatic heterocycles. The zero-order valence-corrected chi connectivity index (χ0v) is 13.4. The maximum absolute atomic E-state index is 6.06. The van der Waals surface area contributed by atoms with Gasteiger partial charge in [0.05, 0.1) is 21.4 Å². The van der Waals surface area contributed by atoms with Crippen molar-refractivity contribution in [2.75, 3.05) is 23.7 Å². The topological polar surface area (TPSA) is 24.1 Å². The number of rotatable bonds is 5. The van der Waals surface area contributed by atoms with Crippen LogP contribution in [0.15, 0.2) is 36.4 Å². The predicted octanol–water partition coefficient (Wildman–Crippen LogP) is 5.82. The molecule has 2 aromatic rings. The minimum absolute atomic E-state index is 0.634. The van der Waals surface area contributed by atoms with E-state index in [1.54, 1.807) is 36.4 Å². The van der Waals surface area contributed by atoms with E-state index in [0.717, 1.165) is 11.4 Å². The predicted molar refractivity (Wildman–Crippen MR) is 89.9 cm³/mol. The van der Waals surface area contributed by atoms with E-state index in [0.29, 0.717) is 33.2 Å². The summed E-state index contributed by atoms with van der Waals surface area (Å²) in [6.07, 6.45) is 0. The summed E-state index contributed by atoms with van der Waals surface area (Å²) in [5.41, 5.74) is 1.61. The number of anilines is 2. The number of hydrogen-bond acceptors (Lipinski definition) is 2. The third-order valence-electron chi connectivity index (χ3n) is 2.61. The molecule has 0 unspecified atom stereocenters. The summed E-state index contributed by atoms with van der Waals surface area (Å²) in [5.74, 6) is 0. The molecule has 20 heavy (non-hydrogen) atoms. The van der Waals surface area contributed by atoms with Crippen molar-refractivity contribution in [1.29, 1.82) is 0 Å². The lowest BCUT2D eigenvalue weighted by atomic mass is 10.3. The summed E-state index contributed by atoms with van der Waals surface area (Å²) >= 11 is 24.0. The molecule has 0 aromatic heterocycles. The first-order chi connectivity index (χ1) is 9.56. The van der Waals surface area contributed by atoms with E-state index in [4.69, 9.17) is 46.4 Å². The lowest BCUT2D eigenvalue weighted by Gasteiger charge is -2.11. The minimum Gasteiger partial charge on any atom is -0.382 e. The molecule has 0 aliphatic rings. The summed E-state index contributed by atoms with van der Waals surface area (Å²) in [6, 6.07) is 10.6. The van der Waals surface area contributed by atoms with Gasteiger partial charge in [-0.1, -0.05) is 46.4 Å². The van der Waals surface area contributed by atoms with Crippen LogP contribution in [0.4, 0.5) is 11.4 Å². The van der Waals surface area contributed by atoms with Gasteiger partial charge >= 0.3 is 0 Å². The third-order valence-corrected chi connectivity index (χ3v) is 3.74. The molecule has 0 saturated heterocycles. The third kappa shape index (κ3) is 4.35. The fourth-order valence-corrected chi connectivity index (χ4v) is 2.37. The highest BCUT2D eigenvalue weighted by atomic mass is 35.5. The summed E-state index contributed by atoms with van der Waals surface area (Å²) < 4.78 is 0. The van der Waals surface area contributed by atoms with Gasteiger partial charge in [0.15, 0.2) is 0 Å². The first kappa shape index (κ1) is 15.6. The van der Waals surface area contributed by atoms with Gasteiger partial charge in [0, 0.05) is 23.1 Å². The van der Waals surface area contributed by atoms with Crippen molar-refractivity contribution in [3.8, 4) is 0 Å². The van der Waals surface area contributed by atoms with Gasteiger partial charge in [-0.2, -0.15) is 0 Å². The highest BCUT2D eigenvalue weighted by Crippen LogP contribution is 2.26. The summed E-state index contributed by atoms with van der Waals surface area (Å²) in [7, 11) is 0. The standard InChI is InChI=1S/C14H12Cl4N2/c15-9-1-3-11(17)13(7-9)19-5-6-20-14-8-10(16)2-4-12(14)18/h1-4,7-8,19-20H,5-6H2. The molecule has 0 heterocycles. The van der Waals surface area contributed by atoms with Crippen LogP contribution in [0.3, 0.4) is 0 Å². The SMILES string of the molecule is Clc1ccc(Cl)c(NCCNc2cc(Cl)ccc2Cl)c1. The first-order valence-corrected chi connectivity index (χ1v) is 7.45. The van der Waals surface area contributed by atoms with Gasteiger partial charge < -0.3 is 10.6 Å². The molecule has 0 fully saturated rings. The zero-order valence-electron chi connectivity index (χ0n) is 10.4. The molecule has 2 nitrogen and oxygen atoms in total.